The van der Waals surface area contributed by atoms with E-state index in [1.165, 1.54) is 12.1 Å². The fourth-order valence-electron chi connectivity index (χ4n) is 2.61. The highest BCUT2D eigenvalue weighted by Gasteiger charge is 2.15. The molecule has 1 atom stereocenters. The van der Waals surface area contributed by atoms with E-state index in [-0.39, 0.29) is 18.3 Å². The van der Waals surface area contributed by atoms with Crippen LogP contribution in [0.25, 0.3) is 11.3 Å². The number of carbonyl (C=O) groups is 1. The zero-order valence-electron chi connectivity index (χ0n) is 15.2. The molecule has 0 spiro atoms. The number of benzene rings is 2. The van der Waals surface area contributed by atoms with Gasteiger partial charge >= 0.3 is 0 Å². The lowest BCUT2D eigenvalue weighted by molar-refractivity contribution is -0.886. The smallest absolute Gasteiger partial charge is 0.279 e. The highest BCUT2D eigenvalue weighted by Crippen LogP contribution is 2.20. The van der Waals surface area contributed by atoms with Gasteiger partial charge in [0.1, 0.15) is 11.6 Å². The van der Waals surface area contributed by atoms with E-state index in [9.17, 15) is 9.18 Å². The SMILES string of the molecule is COc1ccc(NC(=O)C[NH+](C)Cc2ncc(-c3ccc(F)cc3)o2)cc1. The number of likely N-dealkylation sites (N-methyl/N-ethyl adjacent to an activating group) is 1. The Labute approximate surface area is 156 Å². The summed E-state index contributed by atoms with van der Waals surface area (Å²) in [5.74, 6) is 1.41. The van der Waals surface area contributed by atoms with Crippen LogP contribution in [0.4, 0.5) is 10.1 Å². The number of carbonyl (C=O) groups excluding carboxylic acids is 1. The Morgan fingerprint density at radius 2 is 1.89 bits per heavy atom. The summed E-state index contributed by atoms with van der Waals surface area (Å²) in [6.07, 6.45) is 1.60. The van der Waals surface area contributed by atoms with Crippen LogP contribution in [-0.2, 0) is 11.3 Å². The Bertz CT molecular complexity index is 892. The maximum atomic E-state index is 13.0. The average Bonchev–Trinajstić information content (AvgIpc) is 3.11. The molecule has 3 aromatic rings. The number of anilines is 1. The van der Waals surface area contributed by atoms with Crippen molar-refractivity contribution in [2.24, 2.45) is 0 Å². The van der Waals surface area contributed by atoms with Gasteiger partial charge in [-0.1, -0.05) is 0 Å². The van der Waals surface area contributed by atoms with Gasteiger partial charge in [0.05, 0.1) is 20.4 Å². The van der Waals surface area contributed by atoms with E-state index >= 15 is 0 Å². The fraction of sp³-hybridized carbons (Fsp3) is 0.200. The molecule has 3 rings (SSSR count). The highest BCUT2D eigenvalue weighted by molar-refractivity contribution is 5.91. The number of quaternary nitrogens is 1. The molecule has 1 heterocycles. The number of amides is 1. The monoisotopic (exact) mass is 370 g/mol. The predicted octanol–water partition coefficient (Wildman–Crippen LogP) is 2.14. The molecule has 0 radical (unpaired) electrons. The number of hydrogen-bond donors (Lipinski definition) is 2. The first-order valence-electron chi connectivity index (χ1n) is 8.49. The number of ether oxygens (including phenoxy) is 1. The Morgan fingerprint density at radius 3 is 2.56 bits per heavy atom. The standard InChI is InChI=1S/C20H20FN3O3/c1-24(12-19(25)23-16-7-9-17(26-2)10-8-16)13-20-22-11-18(27-20)14-3-5-15(21)6-4-14/h3-11H,12-13H2,1-2H3,(H,23,25)/p+1. The van der Waals surface area contributed by atoms with E-state index < -0.39 is 0 Å². The summed E-state index contributed by atoms with van der Waals surface area (Å²) >= 11 is 0. The minimum absolute atomic E-state index is 0.108. The van der Waals surface area contributed by atoms with Crippen LogP contribution in [0.3, 0.4) is 0 Å². The van der Waals surface area contributed by atoms with Crippen LogP contribution >= 0.6 is 0 Å². The zero-order valence-corrected chi connectivity index (χ0v) is 15.2. The molecule has 0 aliphatic heterocycles. The van der Waals surface area contributed by atoms with Crippen molar-refractivity contribution in [1.82, 2.24) is 4.98 Å². The zero-order chi connectivity index (χ0) is 19.2. The molecule has 6 nitrogen and oxygen atoms in total. The van der Waals surface area contributed by atoms with Crippen molar-refractivity contribution in [3.05, 3.63) is 66.4 Å². The third kappa shape index (κ3) is 5.15. The molecule has 27 heavy (non-hydrogen) atoms. The lowest BCUT2D eigenvalue weighted by atomic mass is 10.2. The number of nitrogens with one attached hydrogen (secondary N) is 2. The maximum absolute atomic E-state index is 13.0. The molecule has 0 saturated heterocycles. The number of halogens is 1. The molecule has 2 aromatic carbocycles. The second-order valence-electron chi connectivity index (χ2n) is 6.21. The second kappa shape index (κ2) is 8.46. The van der Waals surface area contributed by atoms with E-state index in [4.69, 9.17) is 9.15 Å². The number of nitrogens with zero attached hydrogens (tertiary/aromatic N) is 1. The quantitative estimate of drug-likeness (QED) is 0.669. The largest absolute Gasteiger partial charge is 0.497 e. The number of rotatable bonds is 7. The van der Waals surface area contributed by atoms with E-state index in [1.54, 1.807) is 49.7 Å². The van der Waals surface area contributed by atoms with Crippen LogP contribution in [0.5, 0.6) is 5.75 Å². The molecule has 140 valence electrons. The lowest BCUT2D eigenvalue weighted by Gasteiger charge is -2.12. The summed E-state index contributed by atoms with van der Waals surface area (Å²) in [6.45, 7) is 0.720. The van der Waals surface area contributed by atoms with Crippen LogP contribution in [0, 0.1) is 5.82 Å². The second-order valence-corrected chi connectivity index (χ2v) is 6.21. The van der Waals surface area contributed by atoms with E-state index in [1.807, 2.05) is 7.05 Å². The minimum Gasteiger partial charge on any atom is -0.497 e. The first-order chi connectivity index (χ1) is 13.0. The van der Waals surface area contributed by atoms with Gasteiger partial charge < -0.3 is 19.4 Å². The van der Waals surface area contributed by atoms with Gasteiger partial charge in [0.25, 0.3) is 11.8 Å². The van der Waals surface area contributed by atoms with Crippen molar-refractivity contribution >= 4 is 11.6 Å². The predicted molar refractivity (Wildman–Crippen MR) is 99.0 cm³/mol. The molecular weight excluding hydrogens is 349 g/mol. The summed E-state index contributed by atoms with van der Waals surface area (Å²) in [6, 6.07) is 13.2. The van der Waals surface area contributed by atoms with Gasteiger partial charge in [-0.3, -0.25) is 4.79 Å². The lowest BCUT2D eigenvalue weighted by Crippen LogP contribution is -3.08. The van der Waals surface area contributed by atoms with Crippen LogP contribution in [0.2, 0.25) is 0 Å². The summed E-state index contributed by atoms with van der Waals surface area (Å²) < 4.78 is 23.8. The molecule has 7 heteroatoms. The van der Waals surface area contributed by atoms with Crippen LogP contribution in [-0.4, -0.2) is 31.6 Å². The molecule has 0 aliphatic carbocycles. The summed E-state index contributed by atoms with van der Waals surface area (Å²) in [7, 11) is 3.48. The van der Waals surface area contributed by atoms with Gasteiger partial charge in [-0.15, -0.1) is 0 Å². The number of hydrogen-bond acceptors (Lipinski definition) is 4. The molecule has 1 aromatic heterocycles. The summed E-state index contributed by atoms with van der Waals surface area (Å²) in [5, 5.41) is 2.84. The average molecular weight is 370 g/mol. The van der Waals surface area contributed by atoms with Crippen LogP contribution < -0.4 is 15.0 Å². The molecule has 1 unspecified atom stereocenters. The molecular formula is C20H21FN3O3+. The minimum atomic E-state index is -0.300. The molecule has 0 fully saturated rings. The van der Waals surface area contributed by atoms with Gasteiger partial charge in [0.2, 0.25) is 0 Å². The first kappa shape index (κ1) is 18.6. The van der Waals surface area contributed by atoms with Crippen molar-refractivity contribution in [2.75, 3.05) is 26.0 Å². The normalized spacial score (nSPS) is 11.8. The van der Waals surface area contributed by atoms with Crippen molar-refractivity contribution in [2.45, 2.75) is 6.54 Å². The van der Waals surface area contributed by atoms with E-state index in [2.05, 4.69) is 10.3 Å². The third-order valence-electron chi connectivity index (χ3n) is 3.97. The summed E-state index contributed by atoms with van der Waals surface area (Å²) in [4.78, 5) is 17.3. The molecule has 2 N–H and O–H groups in total. The molecule has 0 aliphatic rings. The first-order valence-corrected chi connectivity index (χ1v) is 8.49. The van der Waals surface area contributed by atoms with E-state index in [0.29, 0.717) is 23.9 Å². The van der Waals surface area contributed by atoms with Crippen molar-refractivity contribution in [1.29, 1.82) is 0 Å². The van der Waals surface area contributed by atoms with Crippen LogP contribution in [0.1, 0.15) is 5.89 Å². The topological polar surface area (TPSA) is 68.8 Å². The van der Waals surface area contributed by atoms with Gasteiger partial charge in [-0.2, -0.15) is 0 Å². The van der Waals surface area contributed by atoms with Gasteiger partial charge in [-0.25, -0.2) is 9.37 Å². The van der Waals surface area contributed by atoms with E-state index in [0.717, 1.165) is 16.2 Å². The van der Waals surface area contributed by atoms with Gasteiger partial charge in [0.15, 0.2) is 18.8 Å². The number of methoxy groups -OCH3 is 1. The highest BCUT2D eigenvalue weighted by atomic mass is 19.1. The molecule has 0 bridgehead atoms. The summed E-state index contributed by atoms with van der Waals surface area (Å²) in [5.41, 5.74) is 1.47. The van der Waals surface area contributed by atoms with Crippen molar-refractivity contribution < 1.29 is 23.2 Å². The van der Waals surface area contributed by atoms with Gasteiger partial charge in [0, 0.05) is 11.3 Å². The maximum Gasteiger partial charge on any atom is 0.279 e. The molecule has 1 amide bonds. The Hall–Kier alpha value is -3.19. The number of aromatic nitrogens is 1. The Kier molecular flexibility index (Phi) is 5.83. The van der Waals surface area contributed by atoms with Crippen molar-refractivity contribution in [3.63, 3.8) is 0 Å². The molecule has 0 saturated carbocycles. The van der Waals surface area contributed by atoms with Gasteiger partial charge in [-0.05, 0) is 48.5 Å². The van der Waals surface area contributed by atoms with Crippen LogP contribution in [0.15, 0.2) is 59.1 Å². The fourth-order valence-corrected chi connectivity index (χ4v) is 2.61. The van der Waals surface area contributed by atoms with Crippen molar-refractivity contribution in [3.8, 4) is 17.1 Å². The Balaban J connectivity index is 1.53. The number of oxazole rings is 1. The Morgan fingerprint density at radius 1 is 1.19 bits per heavy atom. The third-order valence-corrected chi connectivity index (χ3v) is 3.97.